The molecule has 1 heteroatoms. The van der Waals surface area contributed by atoms with Gasteiger partial charge in [0, 0.05) is 17.1 Å². The third-order valence-corrected chi connectivity index (χ3v) is 10.8. The van der Waals surface area contributed by atoms with E-state index in [-0.39, 0.29) is 0 Å². The van der Waals surface area contributed by atoms with Gasteiger partial charge in [-0.05, 0) is 125 Å². The summed E-state index contributed by atoms with van der Waals surface area (Å²) >= 11 is 0. The molecule has 0 saturated heterocycles. The summed E-state index contributed by atoms with van der Waals surface area (Å²) in [5.74, 6) is 0. The second-order valence-electron chi connectivity index (χ2n) is 14.2. The molecule has 0 bridgehead atoms. The van der Waals surface area contributed by atoms with Crippen LogP contribution in [0.2, 0.25) is 0 Å². The van der Waals surface area contributed by atoms with Crippen LogP contribution in [-0.2, 0) is 0 Å². The maximum atomic E-state index is 2.37. The lowest BCUT2D eigenvalue weighted by Gasteiger charge is -2.26. The van der Waals surface area contributed by atoms with E-state index in [9.17, 15) is 0 Å². The van der Waals surface area contributed by atoms with Gasteiger partial charge < -0.3 is 4.90 Å². The van der Waals surface area contributed by atoms with Gasteiger partial charge in [-0.25, -0.2) is 0 Å². The molecule has 0 atom stereocenters. The zero-order valence-electron chi connectivity index (χ0n) is 30.3. The summed E-state index contributed by atoms with van der Waals surface area (Å²) in [5.41, 5.74) is 13.0. The summed E-state index contributed by atoms with van der Waals surface area (Å²) in [6, 6.07) is 81.4. The van der Waals surface area contributed by atoms with Crippen LogP contribution in [0.1, 0.15) is 0 Å². The molecule has 10 aromatic carbocycles. The molecule has 10 rings (SSSR count). The van der Waals surface area contributed by atoms with Crippen molar-refractivity contribution in [3.05, 3.63) is 224 Å². The van der Waals surface area contributed by atoms with Crippen molar-refractivity contribution in [2.45, 2.75) is 0 Å². The van der Waals surface area contributed by atoms with Crippen molar-refractivity contribution in [3.63, 3.8) is 0 Å². The third-order valence-electron chi connectivity index (χ3n) is 10.8. The van der Waals surface area contributed by atoms with E-state index in [1.165, 1.54) is 76.8 Å². The lowest BCUT2D eigenvalue weighted by Crippen LogP contribution is -2.10. The van der Waals surface area contributed by atoms with Gasteiger partial charge in [0.2, 0.25) is 0 Å². The Morgan fingerprint density at radius 1 is 0.218 bits per heavy atom. The zero-order valence-corrected chi connectivity index (χ0v) is 30.3. The Hall–Kier alpha value is -7.22. The van der Waals surface area contributed by atoms with Gasteiger partial charge in [0.25, 0.3) is 0 Å². The van der Waals surface area contributed by atoms with Crippen LogP contribution in [0.3, 0.4) is 0 Å². The van der Waals surface area contributed by atoms with Gasteiger partial charge in [-0.2, -0.15) is 0 Å². The second-order valence-corrected chi connectivity index (χ2v) is 14.2. The normalized spacial score (nSPS) is 11.3. The maximum Gasteiger partial charge on any atom is 0.0468 e. The molecule has 0 saturated carbocycles. The molecule has 0 heterocycles. The van der Waals surface area contributed by atoms with Gasteiger partial charge in [-0.15, -0.1) is 0 Å². The van der Waals surface area contributed by atoms with Crippen LogP contribution in [0.15, 0.2) is 224 Å². The van der Waals surface area contributed by atoms with Crippen LogP contribution in [0.5, 0.6) is 0 Å². The van der Waals surface area contributed by atoms with Gasteiger partial charge in [0.1, 0.15) is 0 Å². The van der Waals surface area contributed by atoms with Crippen LogP contribution < -0.4 is 4.90 Å². The van der Waals surface area contributed by atoms with Crippen LogP contribution in [0.4, 0.5) is 17.1 Å². The largest absolute Gasteiger partial charge is 0.310 e. The van der Waals surface area contributed by atoms with E-state index in [4.69, 9.17) is 0 Å². The average molecular weight is 700 g/mol. The third kappa shape index (κ3) is 6.22. The van der Waals surface area contributed by atoms with E-state index in [0.717, 1.165) is 17.1 Å². The van der Waals surface area contributed by atoms with E-state index >= 15 is 0 Å². The Balaban J connectivity index is 1.03. The molecule has 0 aliphatic carbocycles. The first-order chi connectivity index (χ1) is 27.2. The molecule has 55 heavy (non-hydrogen) atoms. The first-order valence-corrected chi connectivity index (χ1v) is 18.9. The van der Waals surface area contributed by atoms with Gasteiger partial charge >= 0.3 is 0 Å². The highest BCUT2D eigenvalue weighted by molar-refractivity contribution is 6.13. The number of benzene rings is 10. The fourth-order valence-corrected chi connectivity index (χ4v) is 8.04. The number of hydrogen-bond acceptors (Lipinski definition) is 1. The monoisotopic (exact) mass is 699 g/mol. The number of anilines is 3. The zero-order chi connectivity index (χ0) is 36.6. The number of fused-ring (bicyclic) bond motifs is 4. The lowest BCUT2D eigenvalue weighted by atomic mass is 9.92. The summed E-state index contributed by atoms with van der Waals surface area (Å²) in [7, 11) is 0. The smallest absolute Gasteiger partial charge is 0.0468 e. The molecule has 0 aliphatic rings. The molecule has 0 unspecified atom stereocenters. The van der Waals surface area contributed by atoms with Gasteiger partial charge in [-0.3, -0.25) is 0 Å². The first-order valence-electron chi connectivity index (χ1n) is 18.9. The Labute approximate surface area is 322 Å². The SMILES string of the molecule is c1ccc(-c2ccc(-c3cccc(N(c4ccc(-c5cccc(-c6cc7ccccc7c7ccccc67)c5)cc4)c4ccc5ccccc5c4)c3)cc2)cc1. The minimum atomic E-state index is 1.10. The fraction of sp³-hybridized carbons (Fsp3) is 0. The van der Waals surface area contributed by atoms with Crippen molar-refractivity contribution in [1.29, 1.82) is 0 Å². The molecule has 10 aromatic rings. The number of nitrogens with zero attached hydrogens (tertiary/aromatic N) is 1. The standard InChI is InChI=1S/C54H37N/c1-2-12-38(13-3-1)40-24-26-41(27-25-40)45-18-11-20-49(35-45)55(50-33-30-39-14-4-5-15-44(39)36-50)48-31-28-42(29-32-48)43-17-10-19-46(34-43)54-37-47-16-6-7-21-51(47)52-22-8-9-23-53(52)54/h1-37H. The molecule has 0 fully saturated rings. The Kier molecular flexibility index (Phi) is 8.24. The topological polar surface area (TPSA) is 3.24 Å². The summed E-state index contributed by atoms with van der Waals surface area (Å²) in [4.78, 5) is 2.37. The van der Waals surface area contributed by atoms with Crippen LogP contribution >= 0.6 is 0 Å². The van der Waals surface area contributed by atoms with Gasteiger partial charge in [0.15, 0.2) is 0 Å². The van der Waals surface area contributed by atoms with E-state index in [1.807, 2.05) is 0 Å². The summed E-state index contributed by atoms with van der Waals surface area (Å²) in [6.45, 7) is 0. The van der Waals surface area contributed by atoms with Crippen molar-refractivity contribution in [3.8, 4) is 44.5 Å². The molecule has 0 spiro atoms. The van der Waals surface area contributed by atoms with E-state index in [2.05, 4.69) is 229 Å². The van der Waals surface area contributed by atoms with Crippen LogP contribution in [0, 0.1) is 0 Å². The highest BCUT2D eigenvalue weighted by atomic mass is 15.1. The Morgan fingerprint density at radius 2 is 0.709 bits per heavy atom. The molecular weight excluding hydrogens is 663 g/mol. The van der Waals surface area contributed by atoms with Crippen molar-refractivity contribution in [2.24, 2.45) is 0 Å². The molecular formula is C54H37N. The predicted octanol–water partition coefficient (Wildman–Crippen LogP) is 15.3. The quantitative estimate of drug-likeness (QED) is 0.150. The van der Waals surface area contributed by atoms with Crippen molar-refractivity contribution < 1.29 is 0 Å². The van der Waals surface area contributed by atoms with Gasteiger partial charge in [-0.1, -0.05) is 176 Å². The van der Waals surface area contributed by atoms with E-state index in [0.29, 0.717) is 0 Å². The van der Waals surface area contributed by atoms with Crippen LogP contribution in [-0.4, -0.2) is 0 Å². The first kappa shape index (κ1) is 32.4. The van der Waals surface area contributed by atoms with E-state index < -0.39 is 0 Å². The van der Waals surface area contributed by atoms with Crippen molar-refractivity contribution in [2.75, 3.05) is 4.90 Å². The number of rotatable bonds is 7. The Morgan fingerprint density at radius 3 is 1.47 bits per heavy atom. The van der Waals surface area contributed by atoms with Crippen LogP contribution in [0.25, 0.3) is 76.8 Å². The maximum absolute atomic E-state index is 2.37. The Bertz CT molecular complexity index is 2960. The predicted molar refractivity (Wildman–Crippen MR) is 235 cm³/mol. The van der Waals surface area contributed by atoms with E-state index in [1.54, 1.807) is 0 Å². The molecule has 0 amide bonds. The molecule has 258 valence electrons. The molecule has 0 aromatic heterocycles. The molecule has 1 nitrogen and oxygen atoms in total. The average Bonchev–Trinajstić information content (AvgIpc) is 3.27. The minimum Gasteiger partial charge on any atom is -0.310 e. The summed E-state index contributed by atoms with van der Waals surface area (Å²) in [5, 5.41) is 7.55. The van der Waals surface area contributed by atoms with Gasteiger partial charge in [0.05, 0.1) is 0 Å². The molecule has 0 aliphatic heterocycles. The molecule has 0 radical (unpaired) electrons. The van der Waals surface area contributed by atoms with Crippen molar-refractivity contribution in [1.82, 2.24) is 0 Å². The van der Waals surface area contributed by atoms with Crippen molar-refractivity contribution >= 4 is 49.4 Å². The summed E-state index contributed by atoms with van der Waals surface area (Å²) < 4.78 is 0. The highest BCUT2D eigenvalue weighted by Crippen LogP contribution is 2.40. The molecule has 0 N–H and O–H groups in total. The summed E-state index contributed by atoms with van der Waals surface area (Å²) in [6.07, 6.45) is 0. The number of hydrogen-bond donors (Lipinski definition) is 0. The lowest BCUT2D eigenvalue weighted by molar-refractivity contribution is 1.29. The fourth-order valence-electron chi connectivity index (χ4n) is 8.04. The second kappa shape index (κ2) is 14.0. The minimum absolute atomic E-state index is 1.10. The highest BCUT2D eigenvalue weighted by Gasteiger charge is 2.16.